The van der Waals surface area contributed by atoms with Gasteiger partial charge in [-0.2, -0.15) is 13.2 Å². The normalized spacial score (nSPS) is 14.3. The monoisotopic (exact) mass is 186 g/mol. The fourth-order valence-electron chi connectivity index (χ4n) is 0.670. The zero-order chi connectivity index (χ0) is 9.78. The molecule has 0 aromatic carbocycles. The molecular formula is C6H9F3O3. The maximum atomic E-state index is 11.9. The number of carbonyl (C=O) groups is 1. The molecule has 0 aliphatic rings. The number of aliphatic carboxylic acids is 1. The number of methoxy groups -OCH3 is 1. The summed E-state index contributed by atoms with van der Waals surface area (Å²) in [6.07, 6.45) is -7.55. The SMILES string of the molecule is COC(CCC(=O)O)C(F)(F)F. The minimum absolute atomic E-state index is 0.544. The van der Waals surface area contributed by atoms with Crippen molar-refractivity contribution in [3.8, 4) is 0 Å². The first-order valence-corrected chi connectivity index (χ1v) is 3.19. The molecule has 0 bridgehead atoms. The molecule has 3 nitrogen and oxygen atoms in total. The molecule has 72 valence electrons. The quantitative estimate of drug-likeness (QED) is 0.722. The van der Waals surface area contributed by atoms with Crippen LogP contribution in [0, 0.1) is 0 Å². The van der Waals surface area contributed by atoms with Gasteiger partial charge in [-0.1, -0.05) is 0 Å². The molecule has 0 spiro atoms. The van der Waals surface area contributed by atoms with Crippen LogP contribution in [0.15, 0.2) is 0 Å². The van der Waals surface area contributed by atoms with Gasteiger partial charge in [0.05, 0.1) is 0 Å². The Labute approximate surface area is 67.1 Å². The Hall–Kier alpha value is -0.780. The fourth-order valence-corrected chi connectivity index (χ4v) is 0.670. The summed E-state index contributed by atoms with van der Waals surface area (Å²) in [5, 5.41) is 8.10. The molecule has 0 amide bonds. The third-order valence-corrected chi connectivity index (χ3v) is 1.27. The number of ether oxygens (including phenoxy) is 1. The molecule has 0 heterocycles. The van der Waals surface area contributed by atoms with Gasteiger partial charge in [-0.25, -0.2) is 0 Å². The highest BCUT2D eigenvalue weighted by atomic mass is 19.4. The van der Waals surface area contributed by atoms with Crippen LogP contribution in [0.4, 0.5) is 13.2 Å². The second-order valence-corrected chi connectivity index (χ2v) is 2.20. The van der Waals surface area contributed by atoms with Crippen molar-refractivity contribution in [1.29, 1.82) is 0 Å². The molecule has 1 atom stereocenters. The van der Waals surface area contributed by atoms with E-state index < -0.39 is 31.1 Å². The molecule has 0 rings (SSSR count). The lowest BCUT2D eigenvalue weighted by Crippen LogP contribution is -2.31. The predicted molar refractivity (Wildman–Crippen MR) is 33.7 cm³/mol. The topological polar surface area (TPSA) is 46.5 Å². The lowest BCUT2D eigenvalue weighted by Gasteiger charge is -2.17. The molecule has 0 aliphatic carbocycles. The lowest BCUT2D eigenvalue weighted by atomic mass is 10.2. The average Bonchev–Trinajstić information content (AvgIpc) is 1.85. The Kier molecular flexibility index (Phi) is 4.02. The average molecular weight is 186 g/mol. The van der Waals surface area contributed by atoms with Crippen LogP contribution in [-0.4, -0.2) is 30.5 Å². The van der Waals surface area contributed by atoms with Crippen molar-refractivity contribution >= 4 is 5.97 Å². The molecule has 0 aromatic heterocycles. The second-order valence-electron chi connectivity index (χ2n) is 2.20. The van der Waals surface area contributed by atoms with Crippen molar-refractivity contribution in [3.05, 3.63) is 0 Å². The van der Waals surface area contributed by atoms with Gasteiger partial charge in [-0.3, -0.25) is 4.79 Å². The van der Waals surface area contributed by atoms with Gasteiger partial charge in [0.15, 0.2) is 6.10 Å². The summed E-state index contributed by atoms with van der Waals surface area (Å²) < 4.78 is 39.6. The van der Waals surface area contributed by atoms with Gasteiger partial charge < -0.3 is 9.84 Å². The summed E-state index contributed by atoms with van der Waals surface area (Å²) in [5.74, 6) is -1.26. The van der Waals surface area contributed by atoms with Crippen molar-refractivity contribution in [2.45, 2.75) is 25.1 Å². The molecule has 1 unspecified atom stereocenters. The molecule has 12 heavy (non-hydrogen) atoms. The van der Waals surface area contributed by atoms with E-state index in [-0.39, 0.29) is 0 Å². The van der Waals surface area contributed by atoms with Gasteiger partial charge in [0.1, 0.15) is 0 Å². The summed E-state index contributed by atoms with van der Waals surface area (Å²) in [4.78, 5) is 9.92. The number of halogens is 3. The molecular weight excluding hydrogens is 177 g/mol. The number of alkyl halides is 3. The van der Waals surface area contributed by atoms with Gasteiger partial charge in [0, 0.05) is 13.5 Å². The maximum Gasteiger partial charge on any atom is 0.414 e. The Morgan fingerprint density at radius 1 is 1.58 bits per heavy atom. The highest BCUT2D eigenvalue weighted by Crippen LogP contribution is 2.25. The largest absolute Gasteiger partial charge is 0.481 e. The third-order valence-electron chi connectivity index (χ3n) is 1.27. The first kappa shape index (κ1) is 11.2. The van der Waals surface area contributed by atoms with Crippen LogP contribution in [0.2, 0.25) is 0 Å². The highest BCUT2D eigenvalue weighted by molar-refractivity contribution is 5.66. The third kappa shape index (κ3) is 4.17. The number of hydrogen-bond donors (Lipinski definition) is 1. The number of carboxylic acids is 1. The van der Waals surface area contributed by atoms with E-state index in [1.165, 1.54) is 0 Å². The van der Waals surface area contributed by atoms with Crippen LogP contribution in [0.25, 0.3) is 0 Å². The smallest absolute Gasteiger partial charge is 0.414 e. The Morgan fingerprint density at radius 3 is 2.33 bits per heavy atom. The van der Waals surface area contributed by atoms with Gasteiger partial charge in [-0.15, -0.1) is 0 Å². The number of carboxylic acid groups (broad SMARTS) is 1. The first-order valence-electron chi connectivity index (χ1n) is 3.19. The Bertz CT molecular complexity index is 155. The zero-order valence-corrected chi connectivity index (χ0v) is 6.39. The molecule has 0 saturated carbocycles. The first-order chi connectivity index (χ1) is 5.38. The summed E-state index contributed by atoms with van der Waals surface area (Å²) in [6.45, 7) is 0. The van der Waals surface area contributed by atoms with Gasteiger partial charge in [0.25, 0.3) is 0 Å². The van der Waals surface area contributed by atoms with E-state index in [1.807, 2.05) is 0 Å². The number of hydrogen-bond acceptors (Lipinski definition) is 2. The standard InChI is InChI=1S/C6H9F3O3/c1-12-4(6(7,8)9)2-3-5(10)11/h4H,2-3H2,1H3,(H,10,11). The van der Waals surface area contributed by atoms with E-state index in [1.54, 1.807) is 0 Å². The second kappa shape index (κ2) is 4.30. The summed E-state index contributed by atoms with van der Waals surface area (Å²) in [7, 11) is 0.903. The van der Waals surface area contributed by atoms with E-state index in [0.29, 0.717) is 0 Å². The minimum Gasteiger partial charge on any atom is -0.481 e. The van der Waals surface area contributed by atoms with Gasteiger partial charge in [0.2, 0.25) is 0 Å². The highest BCUT2D eigenvalue weighted by Gasteiger charge is 2.39. The Morgan fingerprint density at radius 2 is 2.08 bits per heavy atom. The summed E-state index contributed by atoms with van der Waals surface area (Å²) >= 11 is 0. The summed E-state index contributed by atoms with van der Waals surface area (Å²) in [6, 6.07) is 0. The van der Waals surface area contributed by atoms with E-state index in [4.69, 9.17) is 5.11 Å². The van der Waals surface area contributed by atoms with Crippen molar-refractivity contribution in [2.24, 2.45) is 0 Å². The molecule has 6 heteroatoms. The van der Waals surface area contributed by atoms with Crippen molar-refractivity contribution in [3.63, 3.8) is 0 Å². The van der Waals surface area contributed by atoms with Crippen LogP contribution >= 0.6 is 0 Å². The van der Waals surface area contributed by atoms with Crippen molar-refractivity contribution in [1.82, 2.24) is 0 Å². The Balaban J connectivity index is 3.92. The molecule has 0 fully saturated rings. The van der Waals surface area contributed by atoms with Crippen molar-refractivity contribution in [2.75, 3.05) is 7.11 Å². The van der Waals surface area contributed by atoms with Crippen LogP contribution in [0.1, 0.15) is 12.8 Å². The van der Waals surface area contributed by atoms with E-state index in [9.17, 15) is 18.0 Å². The maximum absolute atomic E-state index is 11.9. The molecule has 0 aromatic rings. The minimum atomic E-state index is -4.48. The van der Waals surface area contributed by atoms with Crippen LogP contribution in [0.3, 0.4) is 0 Å². The van der Waals surface area contributed by atoms with Crippen LogP contribution < -0.4 is 0 Å². The van der Waals surface area contributed by atoms with E-state index in [2.05, 4.69) is 4.74 Å². The number of rotatable bonds is 4. The molecule has 0 saturated heterocycles. The predicted octanol–water partition coefficient (Wildman–Crippen LogP) is 1.43. The van der Waals surface area contributed by atoms with Crippen molar-refractivity contribution < 1.29 is 27.8 Å². The lowest BCUT2D eigenvalue weighted by molar-refractivity contribution is -0.214. The van der Waals surface area contributed by atoms with Gasteiger partial charge >= 0.3 is 12.1 Å². The molecule has 1 N–H and O–H groups in total. The molecule has 0 radical (unpaired) electrons. The van der Waals surface area contributed by atoms with E-state index in [0.717, 1.165) is 7.11 Å². The van der Waals surface area contributed by atoms with Gasteiger partial charge in [-0.05, 0) is 6.42 Å². The molecule has 0 aliphatic heterocycles. The zero-order valence-electron chi connectivity index (χ0n) is 6.39. The van der Waals surface area contributed by atoms with Crippen LogP contribution in [0.5, 0.6) is 0 Å². The fraction of sp³-hybridized carbons (Fsp3) is 0.833. The van der Waals surface area contributed by atoms with E-state index >= 15 is 0 Å². The summed E-state index contributed by atoms with van der Waals surface area (Å²) in [5.41, 5.74) is 0. The van der Waals surface area contributed by atoms with Crippen LogP contribution in [-0.2, 0) is 9.53 Å².